The van der Waals surface area contributed by atoms with E-state index in [9.17, 15) is 9.59 Å². The van der Waals surface area contributed by atoms with Crippen LogP contribution in [0.2, 0.25) is 0 Å². The van der Waals surface area contributed by atoms with E-state index >= 15 is 0 Å². The van der Waals surface area contributed by atoms with Crippen LogP contribution in [0.25, 0.3) is 22.3 Å². The summed E-state index contributed by atoms with van der Waals surface area (Å²) in [6.45, 7) is 8.02. The van der Waals surface area contributed by atoms with Crippen molar-refractivity contribution in [3.63, 3.8) is 0 Å². The predicted octanol–water partition coefficient (Wildman–Crippen LogP) is 6.81. The summed E-state index contributed by atoms with van der Waals surface area (Å²) >= 11 is 0. The summed E-state index contributed by atoms with van der Waals surface area (Å²) in [7, 11) is 5.13. The monoisotopic (exact) mass is 470 g/mol. The SMILES string of the molecule is CC(=O)c1cc(-c2ccc(C(C)C)cc2)cn1C.COC(=O)c1cc(-c2ccc(C)cc2)cn1C. The van der Waals surface area contributed by atoms with Gasteiger partial charge in [0, 0.05) is 44.5 Å². The lowest BCUT2D eigenvalue weighted by atomic mass is 10.00. The number of ketones is 1. The van der Waals surface area contributed by atoms with Crippen molar-refractivity contribution < 1.29 is 14.3 Å². The van der Waals surface area contributed by atoms with Crippen LogP contribution in [0.15, 0.2) is 73.1 Å². The molecule has 0 N–H and O–H groups in total. The number of rotatable bonds is 5. The lowest BCUT2D eigenvalue weighted by Gasteiger charge is -2.05. The number of ether oxygens (including phenoxy) is 1. The van der Waals surface area contributed by atoms with Crippen LogP contribution in [0.5, 0.6) is 0 Å². The molecule has 2 aromatic carbocycles. The molecular weight excluding hydrogens is 436 g/mol. The average molecular weight is 471 g/mol. The van der Waals surface area contributed by atoms with Gasteiger partial charge in [0.05, 0.1) is 12.8 Å². The Kier molecular flexibility index (Phi) is 8.13. The number of hydrogen-bond acceptors (Lipinski definition) is 3. The van der Waals surface area contributed by atoms with Gasteiger partial charge in [-0.3, -0.25) is 4.79 Å². The summed E-state index contributed by atoms with van der Waals surface area (Å²) < 4.78 is 8.39. The summed E-state index contributed by atoms with van der Waals surface area (Å²) in [5, 5.41) is 0. The first kappa shape index (κ1) is 25.8. The molecule has 0 radical (unpaired) electrons. The van der Waals surface area contributed by atoms with E-state index in [0.29, 0.717) is 11.6 Å². The molecule has 4 rings (SSSR count). The third-order valence-electron chi connectivity index (χ3n) is 6.06. The minimum atomic E-state index is -0.314. The van der Waals surface area contributed by atoms with Crippen LogP contribution >= 0.6 is 0 Å². The minimum Gasteiger partial charge on any atom is -0.464 e. The zero-order valence-electron chi connectivity index (χ0n) is 21.6. The molecule has 0 aliphatic rings. The van der Waals surface area contributed by atoms with Crippen molar-refractivity contribution in [2.24, 2.45) is 14.1 Å². The Labute approximate surface area is 208 Å². The number of carbonyl (C=O) groups excluding carboxylic acids is 2. The zero-order valence-corrected chi connectivity index (χ0v) is 21.6. The van der Waals surface area contributed by atoms with Gasteiger partial charge in [0.15, 0.2) is 5.78 Å². The summed E-state index contributed by atoms with van der Waals surface area (Å²) in [5.41, 5.74) is 8.23. The maximum absolute atomic E-state index is 11.5. The number of benzene rings is 2. The minimum absolute atomic E-state index is 0.0996. The fraction of sp³-hybridized carbons (Fsp3) is 0.267. The van der Waals surface area contributed by atoms with E-state index in [0.717, 1.165) is 27.9 Å². The van der Waals surface area contributed by atoms with Crippen LogP contribution in [-0.4, -0.2) is 28.0 Å². The lowest BCUT2D eigenvalue weighted by molar-refractivity contribution is 0.0590. The molecule has 0 aliphatic carbocycles. The molecule has 182 valence electrons. The second-order valence-corrected chi connectivity index (χ2v) is 9.14. The largest absolute Gasteiger partial charge is 0.464 e. The Bertz CT molecular complexity index is 1310. The first-order chi connectivity index (χ1) is 16.6. The Balaban J connectivity index is 0.000000196. The van der Waals surface area contributed by atoms with Crippen molar-refractivity contribution in [2.45, 2.75) is 33.6 Å². The highest BCUT2D eigenvalue weighted by atomic mass is 16.5. The van der Waals surface area contributed by atoms with Gasteiger partial charge >= 0.3 is 5.97 Å². The van der Waals surface area contributed by atoms with E-state index in [1.807, 2.05) is 55.3 Å². The van der Waals surface area contributed by atoms with Gasteiger partial charge < -0.3 is 13.9 Å². The van der Waals surface area contributed by atoms with Gasteiger partial charge in [-0.1, -0.05) is 67.9 Å². The molecule has 2 heterocycles. The number of Topliss-reactive ketones (excluding diaryl/α,β-unsaturated/α-hetero) is 1. The third kappa shape index (κ3) is 6.18. The fourth-order valence-corrected chi connectivity index (χ4v) is 3.91. The number of nitrogens with zero attached hydrogens (tertiary/aromatic N) is 2. The Morgan fingerprint density at radius 3 is 1.63 bits per heavy atom. The van der Waals surface area contributed by atoms with Gasteiger partial charge in [0.1, 0.15) is 5.69 Å². The van der Waals surface area contributed by atoms with Crippen LogP contribution in [0.1, 0.15) is 58.8 Å². The standard InChI is InChI=1S/C16H19NO.C14H15NO2/c1-11(2)13-5-7-14(8-6-13)15-9-16(12(3)18)17(4)10-15;1-10-4-6-11(7-5-10)12-8-13(14(16)17-3)15(2)9-12/h5-11H,1-4H3;4-9H,1-3H3. The molecule has 0 aliphatic heterocycles. The van der Waals surface area contributed by atoms with Gasteiger partial charge in [0.2, 0.25) is 0 Å². The molecular formula is C30H34N2O3. The van der Waals surface area contributed by atoms with Gasteiger partial charge in [-0.25, -0.2) is 4.79 Å². The predicted molar refractivity (Wildman–Crippen MR) is 142 cm³/mol. The number of esters is 1. The molecule has 0 saturated heterocycles. The number of hydrogen-bond donors (Lipinski definition) is 0. The smallest absolute Gasteiger partial charge is 0.354 e. The molecule has 0 saturated carbocycles. The highest BCUT2D eigenvalue weighted by molar-refractivity contribution is 5.94. The molecule has 4 aromatic rings. The molecule has 0 amide bonds. The van der Waals surface area contributed by atoms with Gasteiger partial charge in [-0.2, -0.15) is 0 Å². The topological polar surface area (TPSA) is 53.2 Å². The van der Waals surface area contributed by atoms with Crippen molar-refractivity contribution in [1.82, 2.24) is 9.13 Å². The number of methoxy groups -OCH3 is 1. The first-order valence-electron chi connectivity index (χ1n) is 11.7. The number of aromatic nitrogens is 2. The maximum Gasteiger partial charge on any atom is 0.354 e. The van der Waals surface area contributed by atoms with Gasteiger partial charge in [-0.15, -0.1) is 0 Å². The summed E-state index contributed by atoms with van der Waals surface area (Å²) in [6, 6.07) is 20.5. The highest BCUT2D eigenvalue weighted by Crippen LogP contribution is 2.25. The second-order valence-electron chi connectivity index (χ2n) is 9.14. The molecule has 2 aromatic heterocycles. The first-order valence-corrected chi connectivity index (χ1v) is 11.7. The Morgan fingerprint density at radius 1 is 0.743 bits per heavy atom. The van der Waals surface area contributed by atoms with Crippen molar-refractivity contribution in [1.29, 1.82) is 0 Å². The molecule has 0 bridgehead atoms. The lowest BCUT2D eigenvalue weighted by Crippen LogP contribution is -2.06. The van der Waals surface area contributed by atoms with Crippen LogP contribution in [0, 0.1) is 6.92 Å². The molecule has 35 heavy (non-hydrogen) atoms. The van der Waals surface area contributed by atoms with Crippen molar-refractivity contribution >= 4 is 11.8 Å². The van der Waals surface area contributed by atoms with E-state index in [-0.39, 0.29) is 11.8 Å². The maximum atomic E-state index is 11.5. The quantitative estimate of drug-likeness (QED) is 0.238. The molecule has 0 atom stereocenters. The van der Waals surface area contributed by atoms with E-state index in [1.54, 1.807) is 11.5 Å². The normalized spacial score (nSPS) is 10.6. The van der Waals surface area contributed by atoms with Crippen molar-refractivity contribution in [3.05, 3.63) is 95.6 Å². The van der Waals surface area contributed by atoms with E-state index in [1.165, 1.54) is 18.2 Å². The molecule has 0 spiro atoms. The van der Waals surface area contributed by atoms with E-state index < -0.39 is 0 Å². The summed E-state index contributed by atoms with van der Waals surface area (Å²) in [5.74, 6) is 0.330. The van der Waals surface area contributed by atoms with Crippen LogP contribution in [-0.2, 0) is 18.8 Å². The molecule has 5 heteroatoms. The van der Waals surface area contributed by atoms with Gasteiger partial charge in [-0.05, 0) is 41.7 Å². The average Bonchev–Trinajstić information content (AvgIpc) is 3.42. The van der Waals surface area contributed by atoms with E-state index in [2.05, 4.69) is 57.2 Å². The summed E-state index contributed by atoms with van der Waals surface area (Å²) in [6.07, 6.45) is 3.93. The number of carbonyl (C=O) groups is 2. The summed E-state index contributed by atoms with van der Waals surface area (Å²) in [4.78, 5) is 22.9. The van der Waals surface area contributed by atoms with Crippen LogP contribution < -0.4 is 0 Å². The molecule has 0 fully saturated rings. The Morgan fingerprint density at radius 2 is 1.20 bits per heavy atom. The number of aryl methyl sites for hydroxylation is 3. The molecule has 0 unspecified atom stereocenters. The highest BCUT2D eigenvalue weighted by Gasteiger charge is 2.12. The van der Waals surface area contributed by atoms with Crippen molar-refractivity contribution in [3.8, 4) is 22.3 Å². The molecule has 5 nitrogen and oxygen atoms in total. The van der Waals surface area contributed by atoms with Gasteiger partial charge in [0.25, 0.3) is 0 Å². The van der Waals surface area contributed by atoms with Crippen molar-refractivity contribution in [2.75, 3.05) is 7.11 Å². The van der Waals surface area contributed by atoms with Crippen LogP contribution in [0.4, 0.5) is 0 Å². The zero-order chi connectivity index (χ0) is 25.7. The third-order valence-corrected chi connectivity index (χ3v) is 6.06. The fourth-order valence-electron chi connectivity index (χ4n) is 3.91. The van der Waals surface area contributed by atoms with E-state index in [4.69, 9.17) is 4.74 Å². The second kappa shape index (κ2) is 11.0. The Hall–Kier alpha value is -3.86. The van der Waals surface area contributed by atoms with Crippen LogP contribution in [0.3, 0.4) is 0 Å².